The van der Waals surface area contributed by atoms with Crippen molar-refractivity contribution < 1.29 is 18.3 Å². The van der Waals surface area contributed by atoms with Crippen LogP contribution >= 0.6 is 0 Å². The first-order valence-corrected chi connectivity index (χ1v) is 8.13. The van der Waals surface area contributed by atoms with Crippen LogP contribution in [0.15, 0.2) is 42.5 Å². The number of benzene rings is 2. The molecule has 1 N–H and O–H groups in total. The highest BCUT2D eigenvalue weighted by Crippen LogP contribution is 2.29. The van der Waals surface area contributed by atoms with Crippen molar-refractivity contribution in [2.75, 3.05) is 0 Å². The average Bonchev–Trinajstić information content (AvgIpc) is 2.96. The fourth-order valence-corrected chi connectivity index (χ4v) is 2.67. The Balaban J connectivity index is 1.75. The van der Waals surface area contributed by atoms with Crippen LogP contribution in [0.4, 0.5) is 13.2 Å². The van der Waals surface area contributed by atoms with Crippen molar-refractivity contribution in [2.24, 2.45) is 0 Å². The van der Waals surface area contributed by atoms with Crippen LogP contribution < -0.4 is 0 Å². The van der Waals surface area contributed by atoms with E-state index in [1.807, 2.05) is 26.0 Å². The van der Waals surface area contributed by atoms with Crippen LogP contribution in [0.25, 0.3) is 5.69 Å². The third-order valence-corrected chi connectivity index (χ3v) is 4.22. The van der Waals surface area contributed by atoms with Gasteiger partial charge in [0.2, 0.25) is 0 Å². The Kier molecular flexibility index (Phi) is 4.71. The summed E-state index contributed by atoms with van der Waals surface area (Å²) in [5, 5.41) is 18.3. The molecule has 1 heterocycles. The second-order valence-electron chi connectivity index (χ2n) is 6.19. The van der Waals surface area contributed by atoms with E-state index in [1.165, 1.54) is 16.9 Å². The summed E-state index contributed by atoms with van der Waals surface area (Å²) in [5.41, 5.74) is 3.19. The standard InChI is InChI=1S/C19H18F3N3O/c1-12-11-14(4-10-18(12)26)3-9-17-13(2)23-25(24-17)16-7-5-15(6-8-16)19(20,21)22/h4-8,10-11,26H,3,9H2,1-2H3. The van der Waals surface area contributed by atoms with Crippen LogP contribution in [0.2, 0.25) is 0 Å². The molecule has 3 aromatic rings. The van der Waals surface area contributed by atoms with Crippen molar-refractivity contribution in [1.29, 1.82) is 0 Å². The highest BCUT2D eigenvalue weighted by molar-refractivity contribution is 5.36. The minimum absolute atomic E-state index is 0.262. The van der Waals surface area contributed by atoms with Gasteiger partial charge < -0.3 is 5.11 Å². The number of aromatic hydroxyl groups is 1. The van der Waals surface area contributed by atoms with Gasteiger partial charge in [-0.25, -0.2) is 0 Å². The summed E-state index contributed by atoms with van der Waals surface area (Å²) in [6.07, 6.45) is -2.98. The van der Waals surface area contributed by atoms with Gasteiger partial charge in [-0.2, -0.15) is 28.2 Å². The van der Waals surface area contributed by atoms with Gasteiger partial charge in [0.25, 0.3) is 0 Å². The fourth-order valence-electron chi connectivity index (χ4n) is 2.67. The van der Waals surface area contributed by atoms with Crippen molar-refractivity contribution in [3.63, 3.8) is 0 Å². The lowest BCUT2D eigenvalue weighted by molar-refractivity contribution is -0.137. The molecule has 0 bridgehead atoms. The molecule has 0 fully saturated rings. The molecule has 136 valence electrons. The third kappa shape index (κ3) is 3.87. The molecule has 0 aliphatic carbocycles. The maximum absolute atomic E-state index is 12.7. The number of aromatic nitrogens is 3. The number of hydrogen-bond donors (Lipinski definition) is 1. The number of nitrogens with zero attached hydrogens (tertiary/aromatic N) is 3. The molecule has 0 spiro atoms. The molecule has 3 rings (SSSR count). The number of phenols is 1. The fraction of sp³-hybridized carbons (Fsp3) is 0.263. The van der Waals surface area contributed by atoms with Crippen LogP contribution in [-0.2, 0) is 19.0 Å². The summed E-state index contributed by atoms with van der Waals surface area (Å²) in [7, 11) is 0. The highest BCUT2D eigenvalue weighted by Gasteiger charge is 2.30. The molecule has 0 saturated carbocycles. The van der Waals surface area contributed by atoms with Crippen molar-refractivity contribution >= 4 is 0 Å². The molecule has 2 aromatic carbocycles. The lowest BCUT2D eigenvalue weighted by atomic mass is 10.0. The maximum Gasteiger partial charge on any atom is 0.416 e. The normalized spacial score (nSPS) is 11.7. The summed E-state index contributed by atoms with van der Waals surface area (Å²) < 4.78 is 38.0. The number of aryl methyl sites for hydroxylation is 4. The Morgan fingerprint density at radius 1 is 0.962 bits per heavy atom. The molecule has 1 aromatic heterocycles. The predicted molar refractivity (Wildman–Crippen MR) is 91.3 cm³/mol. The molecule has 0 atom stereocenters. The zero-order valence-corrected chi connectivity index (χ0v) is 14.4. The van der Waals surface area contributed by atoms with Crippen LogP contribution in [0.3, 0.4) is 0 Å². The van der Waals surface area contributed by atoms with E-state index in [-0.39, 0.29) is 5.75 Å². The molecule has 0 unspecified atom stereocenters. The van der Waals surface area contributed by atoms with Crippen molar-refractivity contribution in [3.05, 3.63) is 70.5 Å². The Hall–Kier alpha value is -2.83. The molecule has 0 radical (unpaired) electrons. The molecule has 4 nitrogen and oxygen atoms in total. The van der Waals surface area contributed by atoms with Crippen molar-refractivity contribution in [3.8, 4) is 11.4 Å². The van der Waals surface area contributed by atoms with Crippen LogP contribution in [-0.4, -0.2) is 20.1 Å². The van der Waals surface area contributed by atoms with Gasteiger partial charge in [0.05, 0.1) is 22.6 Å². The first-order valence-electron chi connectivity index (χ1n) is 8.13. The van der Waals surface area contributed by atoms with Gasteiger partial charge in [0.1, 0.15) is 5.75 Å². The average molecular weight is 361 g/mol. The monoisotopic (exact) mass is 361 g/mol. The van der Waals surface area contributed by atoms with Gasteiger partial charge >= 0.3 is 6.18 Å². The van der Waals surface area contributed by atoms with E-state index < -0.39 is 11.7 Å². The molecule has 26 heavy (non-hydrogen) atoms. The van der Waals surface area contributed by atoms with Crippen LogP contribution in [0.1, 0.15) is 28.1 Å². The van der Waals surface area contributed by atoms with Crippen LogP contribution in [0.5, 0.6) is 5.75 Å². The summed E-state index contributed by atoms with van der Waals surface area (Å²) in [6.45, 7) is 3.66. The molecule has 7 heteroatoms. The first kappa shape index (κ1) is 18.0. The number of rotatable bonds is 4. The van der Waals surface area contributed by atoms with E-state index in [9.17, 15) is 18.3 Å². The maximum atomic E-state index is 12.7. The minimum atomic E-state index is -4.36. The largest absolute Gasteiger partial charge is 0.508 e. The number of halogens is 3. The zero-order chi connectivity index (χ0) is 18.9. The van der Waals surface area contributed by atoms with Crippen molar-refractivity contribution in [2.45, 2.75) is 32.9 Å². The summed E-state index contributed by atoms with van der Waals surface area (Å²) in [4.78, 5) is 1.35. The minimum Gasteiger partial charge on any atom is -0.508 e. The molecule has 0 aliphatic heterocycles. The summed E-state index contributed by atoms with van der Waals surface area (Å²) in [6, 6.07) is 10.2. The lowest BCUT2D eigenvalue weighted by Gasteiger charge is -2.07. The van der Waals surface area contributed by atoms with Gasteiger partial charge in [-0.15, -0.1) is 0 Å². The van der Waals surface area contributed by atoms with Gasteiger partial charge in [-0.1, -0.05) is 12.1 Å². The summed E-state index contributed by atoms with van der Waals surface area (Å²) in [5.74, 6) is 0.262. The highest BCUT2D eigenvalue weighted by atomic mass is 19.4. The molecule has 0 aliphatic rings. The third-order valence-electron chi connectivity index (χ3n) is 4.22. The summed E-state index contributed by atoms with van der Waals surface area (Å²) >= 11 is 0. The van der Waals surface area contributed by atoms with Gasteiger partial charge in [0.15, 0.2) is 0 Å². The van der Waals surface area contributed by atoms with E-state index in [0.29, 0.717) is 12.1 Å². The molecular formula is C19H18F3N3O. The number of hydrogen-bond acceptors (Lipinski definition) is 3. The molecular weight excluding hydrogens is 343 g/mol. The predicted octanol–water partition coefficient (Wildman–Crippen LogP) is 4.39. The lowest BCUT2D eigenvalue weighted by Crippen LogP contribution is -2.06. The number of phenolic OH excluding ortho intramolecular Hbond substituents is 1. The van der Waals surface area contributed by atoms with E-state index in [4.69, 9.17) is 0 Å². The van der Waals surface area contributed by atoms with Gasteiger partial charge in [-0.3, -0.25) is 0 Å². The smallest absolute Gasteiger partial charge is 0.416 e. The first-order chi connectivity index (χ1) is 12.2. The Morgan fingerprint density at radius 2 is 1.65 bits per heavy atom. The Morgan fingerprint density at radius 3 is 2.27 bits per heavy atom. The Bertz CT molecular complexity index is 915. The molecule has 0 saturated heterocycles. The Labute approximate surface area is 148 Å². The van der Waals surface area contributed by atoms with Gasteiger partial charge in [-0.05, 0) is 68.1 Å². The SMILES string of the molecule is Cc1cc(CCc2nn(-c3ccc(C(F)(F)F)cc3)nc2C)ccc1O. The number of alkyl halides is 3. The van der Waals surface area contributed by atoms with E-state index >= 15 is 0 Å². The van der Waals surface area contributed by atoms with E-state index in [1.54, 1.807) is 6.07 Å². The van der Waals surface area contributed by atoms with Crippen molar-refractivity contribution in [1.82, 2.24) is 15.0 Å². The molecule has 0 amide bonds. The second kappa shape index (κ2) is 6.82. The van der Waals surface area contributed by atoms with E-state index in [0.717, 1.165) is 41.1 Å². The zero-order valence-electron chi connectivity index (χ0n) is 14.4. The van der Waals surface area contributed by atoms with Crippen LogP contribution in [0, 0.1) is 13.8 Å². The quantitative estimate of drug-likeness (QED) is 0.750. The van der Waals surface area contributed by atoms with Gasteiger partial charge in [0, 0.05) is 0 Å². The van der Waals surface area contributed by atoms with E-state index in [2.05, 4.69) is 10.2 Å². The topological polar surface area (TPSA) is 50.9 Å². The second-order valence-corrected chi connectivity index (χ2v) is 6.19.